The van der Waals surface area contributed by atoms with Crippen molar-refractivity contribution in [3.63, 3.8) is 0 Å². The number of carbonyl (C=O) groups excluding carboxylic acids is 3. The number of hydrogen-bond donors (Lipinski definition) is 0. The number of cyclic esters (lactones) is 1. The number of hydrogen-bond acceptors (Lipinski definition) is 7. The van der Waals surface area contributed by atoms with E-state index in [1.165, 1.54) is 6.92 Å². The van der Waals surface area contributed by atoms with E-state index < -0.39 is 40.2 Å². The molecule has 6 rings (SSSR count). The monoisotopic (exact) mass is 484 g/mol. The van der Waals surface area contributed by atoms with E-state index in [1.54, 1.807) is 12.5 Å². The molecule has 9 atom stereocenters. The summed E-state index contributed by atoms with van der Waals surface area (Å²) in [6, 6.07) is 1.84. The molecule has 35 heavy (non-hydrogen) atoms. The molecular formula is C28H36O7. The molecule has 4 unspecified atom stereocenters. The predicted molar refractivity (Wildman–Crippen MR) is 124 cm³/mol. The summed E-state index contributed by atoms with van der Waals surface area (Å²) < 4.78 is 24.0. The number of ether oxygens (including phenoxy) is 3. The molecule has 7 nitrogen and oxygen atoms in total. The molecule has 0 radical (unpaired) electrons. The third-order valence-corrected chi connectivity index (χ3v) is 11.2. The molecule has 0 bridgehead atoms. The molecule has 0 N–H and O–H groups in total. The standard InChI is InChI=1S/C28H36O7/c1-15(29)33-20-13-18-24(2,3)10-8-19(30)26(18,5)17-7-11-25(4)21(16-9-12-32-14-16)34-23(31)22-28(25,35-22)27(17,20)6/h9,12,14,17-18,20-22H,7-8,10-11,13H2,1-6H3/t17?,18?,20-,21+,22?,25+,26-,27+,28?/m1/s1. The quantitative estimate of drug-likeness (QED) is 0.440. The number of furan rings is 1. The van der Waals surface area contributed by atoms with Gasteiger partial charge in [0, 0.05) is 35.2 Å². The number of rotatable bonds is 2. The summed E-state index contributed by atoms with van der Waals surface area (Å²) in [6.07, 6.45) is 4.96. The van der Waals surface area contributed by atoms with Crippen molar-refractivity contribution in [3.8, 4) is 0 Å². The highest BCUT2D eigenvalue weighted by Gasteiger charge is 2.88. The minimum absolute atomic E-state index is 0.0601. The van der Waals surface area contributed by atoms with Gasteiger partial charge in [-0.1, -0.05) is 34.6 Å². The molecule has 3 aliphatic carbocycles. The Morgan fingerprint density at radius 3 is 2.46 bits per heavy atom. The smallest absolute Gasteiger partial charge is 0.339 e. The molecule has 2 aliphatic heterocycles. The highest BCUT2D eigenvalue weighted by molar-refractivity contribution is 5.87. The Hall–Kier alpha value is -2.15. The van der Waals surface area contributed by atoms with Crippen LogP contribution in [0.15, 0.2) is 23.0 Å². The highest BCUT2D eigenvalue weighted by Crippen LogP contribution is 2.80. The molecule has 1 aromatic heterocycles. The van der Waals surface area contributed by atoms with Gasteiger partial charge < -0.3 is 18.6 Å². The van der Waals surface area contributed by atoms with E-state index >= 15 is 0 Å². The Kier molecular flexibility index (Phi) is 4.51. The number of epoxide rings is 1. The first kappa shape index (κ1) is 23.3. The molecule has 3 heterocycles. The van der Waals surface area contributed by atoms with Crippen molar-refractivity contribution in [2.24, 2.45) is 33.5 Å². The fraction of sp³-hybridized carbons (Fsp3) is 0.750. The van der Waals surface area contributed by atoms with Crippen LogP contribution in [0.25, 0.3) is 0 Å². The highest BCUT2D eigenvalue weighted by atomic mass is 16.7. The normalized spacial score (nSPS) is 49.6. The van der Waals surface area contributed by atoms with Gasteiger partial charge in [0.05, 0.1) is 12.5 Å². The maximum absolute atomic E-state index is 13.8. The Morgan fingerprint density at radius 2 is 1.80 bits per heavy atom. The van der Waals surface area contributed by atoms with Crippen LogP contribution in [0.2, 0.25) is 0 Å². The van der Waals surface area contributed by atoms with E-state index in [1.807, 2.05) is 6.07 Å². The van der Waals surface area contributed by atoms with Crippen molar-refractivity contribution in [1.29, 1.82) is 0 Å². The first-order valence-electron chi connectivity index (χ1n) is 12.9. The van der Waals surface area contributed by atoms with Crippen LogP contribution in [0.5, 0.6) is 0 Å². The number of carbonyl (C=O) groups is 3. The van der Waals surface area contributed by atoms with E-state index in [9.17, 15) is 14.4 Å². The Labute approximate surface area is 206 Å². The van der Waals surface area contributed by atoms with Gasteiger partial charge in [0.15, 0.2) is 6.10 Å². The van der Waals surface area contributed by atoms with Crippen LogP contribution in [0.3, 0.4) is 0 Å². The Balaban J connectivity index is 1.55. The SMILES string of the molecule is CC(=O)O[C@@H]1CC2C(C)(C)CCC(=O)[C@]2(C)C2CC[C@@]3(C)[C@H](c4ccoc4)OC(=O)C4OC43[C@@]21C. The molecule has 3 saturated carbocycles. The second-order valence-corrected chi connectivity index (χ2v) is 13.0. The largest absolute Gasteiger partial charge is 0.472 e. The number of fused-ring (bicyclic) bond motifs is 3. The zero-order valence-corrected chi connectivity index (χ0v) is 21.5. The molecule has 2 saturated heterocycles. The lowest BCUT2D eigenvalue weighted by Gasteiger charge is -2.69. The number of Topliss-reactive ketones (excluding diaryl/α,β-unsaturated/α-hetero) is 1. The summed E-state index contributed by atoms with van der Waals surface area (Å²) in [5.41, 5.74) is -2.02. The second kappa shape index (κ2) is 6.78. The molecule has 190 valence electrons. The van der Waals surface area contributed by atoms with E-state index in [0.717, 1.165) is 24.8 Å². The van der Waals surface area contributed by atoms with Gasteiger partial charge in [-0.05, 0) is 49.0 Å². The molecular weight excluding hydrogens is 448 g/mol. The van der Waals surface area contributed by atoms with Gasteiger partial charge in [-0.25, -0.2) is 4.79 Å². The Morgan fingerprint density at radius 1 is 1.06 bits per heavy atom. The van der Waals surface area contributed by atoms with Gasteiger partial charge in [0.2, 0.25) is 0 Å². The van der Waals surface area contributed by atoms with Gasteiger partial charge >= 0.3 is 11.9 Å². The van der Waals surface area contributed by atoms with Crippen LogP contribution < -0.4 is 0 Å². The fourth-order valence-electron chi connectivity index (χ4n) is 9.61. The summed E-state index contributed by atoms with van der Waals surface area (Å²) >= 11 is 0. The van der Waals surface area contributed by atoms with Crippen molar-refractivity contribution in [3.05, 3.63) is 24.2 Å². The van der Waals surface area contributed by atoms with Crippen molar-refractivity contribution in [2.75, 3.05) is 0 Å². The van der Waals surface area contributed by atoms with E-state index in [2.05, 4.69) is 34.6 Å². The first-order chi connectivity index (χ1) is 16.3. The molecule has 5 aliphatic rings. The minimum Gasteiger partial charge on any atom is -0.472 e. The molecule has 1 aromatic rings. The lowest BCUT2D eigenvalue weighted by molar-refractivity contribution is -0.259. The number of ketones is 1. The lowest BCUT2D eigenvalue weighted by Crippen LogP contribution is -2.74. The predicted octanol–water partition coefficient (Wildman–Crippen LogP) is 4.78. The van der Waals surface area contributed by atoms with Gasteiger partial charge in [-0.2, -0.15) is 0 Å². The summed E-state index contributed by atoms with van der Waals surface area (Å²) in [5.74, 6) is -0.443. The van der Waals surface area contributed by atoms with Crippen LogP contribution in [0.1, 0.15) is 85.3 Å². The fourth-order valence-corrected chi connectivity index (χ4v) is 9.61. The molecule has 5 fully saturated rings. The van der Waals surface area contributed by atoms with Crippen LogP contribution >= 0.6 is 0 Å². The van der Waals surface area contributed by atoms with Crippen LogP contribution in [-0.4, -0.2) is 35.5 Å². The third-order valence-electron chi connectivity index (χ3n) is 11.2. The summed E-state index contributed by atoms with van der Waals surface area (Å²) in [6.45, 7) is 12.3. The molecule has 0 aromatic carbocycles. The lowest BCUT2D eigenvalue weighted by atomic mass is 9.34. The maximum atomic E-state index is 13.8. The minimum atomic E-state index is -0.893. The molecule has 0 amide bonds. The van der Waals surface area contributed by atoms with E-state index in [-0.39, 0.29) is 29.2 Å². The molecule has 1 spiro atoms. The maximum Gasteiger partial charge on any atom is 0.339 e. The van der Waals surface area contributed by atoms with Crippen molar-refractivity contribution in [2.45, 2.75) is 97.6 Å². The van der Waals surface area contributed by atoms with Crippen LogP contribution in [0, 0.1) is 33.5 Å². The number of esters is 2. The summed E-state index contributed by atoms with van der Waals surface area (Å²) in [5, 5.41) is 0. The average Bonchev–Trinajstić information content (AvgIpc) is 3.35. The second-order valence-electron chi connectivity index (χ2n) is 13.0. The van der Waals surface area contributed by atoms with Crippen LogP contribution in [0.4, 0.5) is 0 Å². The zero-order valence-electron chi connectivity index (χ0n) is 21.5. The zero-order chi connectivity index (χ0) is 25.2. The van der Waals surface area contributed by atoms with Crippen molar-refractivity contribution in [1.82, 2.24) is 0 Å². The van der Waals surface area contributed by atoms with Crippen LogP contribution in [-0.2, 0) is 28.6 Å². The van der Waals surface area contributed by atoms with Gasteiger partial charge in [-0.3, -0.25) is 9.59 Å². The average molecular weight is 485 g/mol. The Bertz CT molecular complexity index is 1110. The summed E-state index contributed by atoms with van der Waals surface area (Å²) in [4.78, 5) is 39.5. The first-order valence-corrected chi connectivity index (χ1v) is 12.9. The van der Waals surface area contributed by atoms with Gasteiger partial charge in [0.25, 0.3) is 0 Å². The van der Waals surface area contributed by atoms with Crippen molar-refractivity contribution < 1.29 is 33.0 Å². The van der Waals surface area contributed by atoms with E-state index in [0.29, 0.717) is 18.6 Å². The topological polar surface area (TPSA) is 95.3 Å². The summed E-state index contributed by atoms with van der Waals surface area (Å²) in [7, 11) is 0. The molecule has 7 heteroatoms. The third kappa shape index (κ3) is 2.53. The van der Waals surface area contributed by atoms with Crippen molar-refractivity contribution >= 4 is 17.7 Å². The van der Waals surface area contributed by atoms with E-state index in [4.69, 9.17) is 18.6 Å². The van der Waals surface area contributed by atoms with Gasteiger partial charge in [-0.15, -0.1) is 0 Å². The van der Waals surface area contributed by atoms with Gasteiger partial charge in [0.1, 0.15) is 23.6 Å².